The summed E-state index contributed by atoms with van der Waals surface area (Å²) >= 11 is 0. The number of benzene rings is 2. The third kappa shape index (κ3) is 3.91. The van der Waals surface area contributed by atoms with Crippen LogP contribution in [-0.2, 0) is 16.3 Å². The number of hydrogen-bond donors (Lipinski definition) is 2. The first-order chi connectivity index (χ1) is 12.0. The van der Waals surface area contributed by atoms with Crippen LogP contribution in [0.4, 0.5) is 13.2 Å². The summed E-state index contributed by atoms with van der Waals surface area (Å²) in [7, 11) is -4.35. The molecule has 138 valence electrons. The number of fused-ring (bicyclic) bond motifs is 1. The third-order valence-corrected chi connectivity index (χ3v) is 5.02. The van der Waals surface area contributed by atoms with E-state index in [0.29, 0.717) is 11.1 Å². The maximum absolute atomic E-state index is 12.8. The van der Waals surface area contributed by atoms with Crippen LogP contribution < -0.4 is 0 Å². The van der Waals surface area contributed by atoms with E-state index in [4.69, 9.17) is 0 Å². The van der Waals surface area contributed by atoms with E-state index in [2.05, 4.69) is 4.98 Å². The Morgan fingerprint density at radius 2 is 1.77 bits per heavy atom. The van der Waals surface area contributed by atoms with Gasteiger partial charge in [0.2, 0.25) is 0 Å². The first-order valence-corrected chi connectivity index (χ1v) is 9.35. The van der Waals surface area contributed by atoms with Crippen LogP contribution in [0.1, 0.15) is 28.2 Å². The maximum atomic E-state index is 12.8. The van der Waals surface area contributed by atoms with Crippen molar-refractivity contribution < 1.29 is 26.1 Å². The van der Waals surface area contributed by atoms with Gasteiger partial charge >= 0.3 is 6.18 Å². The quantitative estimate of drug-likeness (QED) is 0.651. The van der Waals surface area contributed by atoms with Crippen molar-refractivity contribution >= 4 is 21.0 Å². The van der Waals surface area contributed by atoms with Gasteiger partial charge in [0.05, 0.1) is 11.3 Å². The Labute approximate surface area is 148 Å². The second kappa shape index (κ2) is 6.44. The number of nitrogens with one attached hydrogen (secondary N) is 1. The number of H-pyrrole nitrogens is 1. The van der Waals surface area contributed by atoms with Crippen LogP contribution in [0.2, 0.25) is 0 Å². The third-order valence-electron chi connectivity index (χ3n) is 4.26. The van der Waals surface area contributed by atoms with Crippen molar-refractivity contribution in [2.75, 3.05) is 5.75 Å². The zero-order chi connectivity index (χ0) is 19.1. The number of halogens is 3. The molecule has 3 aromatic rings. The Balaban J connectivity index is 2.11. The summed E-state index contributed by atoms with van der Waals surface area (Å²) in [5.41, 5.74) is 1.94. The molecule has 0 aliphatic rings. The molecule has 4 nitrogen and oxygen atoms in total. The monoisotopic (exact) mass is 383 g/mol. The van der Waals surface area contributed by atoms with Crippen LogP contribution in [0, 0.1) is 6.92 Å². The Morgan fingerprint density at radius 1 is 1.12 bits per heavy atom. The fourth-order valence-electron chi connectivity index (χ4n) is 3.03. The summed E-state index contributed by atoms with van der Waals surface area (Å²) < 4.78 is 70.6. The van der Waals surface area contributed by atoms with Crippen molar-refractivity contribution in [1.82, 2.24) is 4.98 Å². The van der Waals surface area contributed by atoms with Gasteiger partial charge in [0.25, 0.3) is 10.1 Å². The van der Waals surface area contributed by atoms with Crippen LogP contribution in [0.3, 0.4) is 0 Å². The van der Waals surface area contributed by atoms with Crippen molar-refractivity contribution in [2.24, 2.45) is 0 Å². The van der Waals surface area contributed by atoms with Gasteiger partial charge in [-0.15, -0.1) is 0 Å². The number of aryl methyl sites for hydroxylation is 1. The molecule has 0 saturated heterocycles. The van der Waals surface area contributed by atoms with Crippen molar-refractivity contribution in [3.05, 3.63) is 70.9 Å². The van der Waals surface area contributed by atoms with Gasteiger partial charge in [-0.3, -0.25) is 4.55 Å². The molecule has 0 fully saturated rings. The minimum Gasteiger partial charge on any atom is -0.361 e. The van der Waals surface area contributed by atoms with Gasteiger partial charge in [-0.1, -0.05) is 24.3 Å². The summed E-state index contributed by atoms with van der Waals surface area (Å²) in [5, 5.41) is 0.754. The van der Waals surface area contributed by atoms with Crippen LogP contribution >= 0.6 is 0 Å². The van der Waals surface area contributed by atoms with Gasteiger partial charge in [0.1, 0.15) is 0 Å². The predicted molar refractivity (Wildman–Crippen MR) is 92.7 cm³/mol. The Kier molecular flexibility index (Phi) is 4.58. The van der Waals surface area contributed by atoms with Crippen molar-refractivity contribution in [3.63, 3.8) is 0 Å². The largest absolute Gasteiger partial charge is 0.416 e. The highest BCUT2D eigenvalue weighted by molar-refractivity contribution is 7.85. The molecule has 1 heterocycles. The fraction of sp³-hybridized carbons (Fsp3) is 0.222. The fourth-order valence-corrected chi connectivity index (χ4v) is 3.82. The molecule has 0 radical (unpaired) electrons. The Hall–Kier alpha value is -2.32. The first kappa shape index (κ1) is 18.5. The number of aromatic amines is 1. The summed E-state index contributed by atoms with van der Waals surface area (Å²) in [6.07, 6.45) is -2.85. The summed E-state index contributed by atoms with van der Waals surface area (Å²) in [6.45, 7) is 1.91. The van der Waals surface area contributed by atoms with Gasteiger partial charge in [-0.25, -0.2) is 0 Å². The normalized spacial score (nSPS) is 13.9. The number of alkyl halides is 3. The van der Waals surface area contributed by atoms with Crippen molar-refractivity contribution in [3.8, 4) is 0 Å². The van der Waals surface area contributed by atoms with Crippen LogP contribution in [-0.4, -0.2) is 23.7 Å². The molecule has 0 bridgehead atoms. The lowest BCUT2D eigenvalue weighted by molar-refractivity contribution is -0.137. The molecule has 2 aromatic carbocycles. The standard InChI is InChI=1S/C18H16F3NO3S/c1-11-2-7-14-15(9-22-17(14)8-11)16(10-26(23,24)25)12-3-5-13(6-4-12)18(19,20)21/h2-9,16,22H,10H2,1H3,(H,23,24,25). The highest BCUT2D eigenvalue weighted by atomic mass is 32.2. The highest BCUT2D eigenvalue weighted by Crippen LogP contribution is 2.35. The molecule has 0 aliphatic carbocycles. The molecule has 26 heavy (non-hydrogen) atoms. The van der Waals surface area contributed by atoms with E-state index in [9.17, 15) is 26.1 Å². The van der Waals surface area contributed by atoms with Crippen LogP contribution in [0.5, 0.6) is 0 Å². The highest BCUT2D eigenvalue weighted by Gasteiger charge is 2.31. The van der Waals surface area contributed by atoms with E-state index < -0.39 is 33.5 Å². The molecule has 0 saturated carbocycles. The van der Waals surface area contributed by atoms with Gasteiger partial charge < -0.3 is 4.98 Å². The molecular formula is C18H16F3NO3S. The maximum Gasteiger partial charge on any atom is 0.416 e. The second-order valence-electron chi connectivity index (χ2n) is 6.21. The minimum absolute atomic E-state index is 0.372. The van der Waals surface area contributed by atoms with E-state index in [-0.39, 0.29) is 0 Å². The van der Waals surface area contributed by atoms with Gasteiger partial charge in [0, 0.05) is 23.0 Å². The predicted octanol–water partition coefficient (Wildman–Crippen LogP) is 4.51. The Morgan fingerprint density at radius 3 is 2.35 bits per heavy atom. The molecule has 3 rings (SSSR count). The van der Waals surface area contributed by atoms with Gasteiger partial charge in [-0.05, 0) is 41.8 Å². The molecule has 1 unspecified atom stereocenters. The molecule has 1 aromatic heterocycles. The average Bonchev–Trinajstić information content (AvgIpc) is 2.94. The second-order valence-corrected chi connectivity index (χ2v) is 7.71. The summed E-state index contributed by atoms with van der Waals surface area (Å²) in [4.78, 5) is 3.04. The lowest BCUT2D eigenvalue weighted by atomic mass is 9.92. The number of hydrogen-bond acceptors (Lipinski definition) is 2. The molecule has 1 atom stereocenters. The molecule has 2 N–H and O–H groups in total. The van der Waals surface area contributed by atoms with E-state index in [0.717, 1.165) is 28.6 Å². The first-order valence-electron chi connectivity index (χ1n) is 7.74. The van der Waals surface area contributed by atoms with Crippen molar-refractivity contribution in [1.29, 1.82) is 0 Å². The molecule has 0 amide bonds. The van der Waals surface area contributed by atoms with E-state index >= 15 is 0 Å². The SMILES string of the molecule is Cc1ccc2c(C(CS(=O)(=O)O)c3ccc(C(F)(F)F)cc3)c[nH]c2c1. The zero-order valence-corrected chi connectivity index (χ0v) is 14.5. The minimum atomic E-state index is -4.48. The summed E-state index contributed by atoms with van der Waals surface area (Å²) in [5.74, 6) is -1.43. The average molecular weight is 383 g/mol. The molecular weight excluding hydrogens is 367 g/mol. The summed E-state index contributed by atoms with van der Waals surface area (Å²) in [6, 6.07) is 9.86. The smallest absolute Gasteiger partial charge is 0.361 e. The van der Waals surface area contributed by atoms with E-state index in [1.165, 1.54) is 12.1 Å². The van der Waals surface area contributed by atoms with Crippen LogP contribution in [0.25, 0.3) is 10.9 Å². The molecule has 0 spiro atoms. The number of aromatic nitrogens is 1. The van der Waals surface area contributed by atoms with Gasteiger partial charge in [-0.2, -0.15) is 21.6 Å². The topological polar surface area (TPSA) is 70.2 Å². The lowest BCUT2D eigenvalue weighted by Gasteiger charge is -2.17. The molecule has 8 heteroatoms. The number of rotatable bonds is 4. The lowest BCUT2D eigenvalue weighted by Crippen LogP contribution is -2.15. The van der Waals surface area contributed by atoms with E-state index in [1.807, 2.05) is 25.1 Å². The van der Waals surface area contributed by atoms with Gasteiger partial charge in [0.15, 0.2) is 0 Å². The van der Waals surface area contributed by atoms with Crippen molar-refractivity contribution in [2.45, 2.75) is 19.0 Å². The zero-order valence-electron chi connectivity index (χ0n) is 13.7. The Bertz CT molecular complexity index is 1040. The molecule has 0 aliphatic heterocycles. The van der Waals surface area contributed by atoms with Crippen LogP contribution in [0.15, 0.2) is 48.7 Å². The van der Waals surface area contributed by atoms with E-state index in [1.54, 1.807) is 6.20 Å².